The van der Waals surface area contributed by atoms with Crippen LogP contribution in [0.4, 0.5) is 4.39 Å². The van der Waals surface area contributed by atoms with Crippen molar-refractivity contribution in [3.8, 4) is 0 Å². The molecule has 1 aromatic carbocycles. The number of likely N-dealkylation sites (N-methyl/N-ethyl adjacent to an activating group) is 1. The van der Waals surface area contributed by atoms with Crippen molar-refractivity contribution < 1.29 is 66.6 Å². The Hall–Kier alpha value is -3.27. The van der Waals surface area contributed by atoms with Crippen LogP contribution in [-0.2, 0) is 49.6 Å². The van der Waals surface area contributed by atoms with Crippen LogP contribution in [0.25, 0.3) is 0 Å². The van der Waals surface area contributed by atoms with Crippen LogP contribution in [0.2, 0.25) is 0 Å². The number of halogens is 1. The summed E-state index contributed by atoms with van der Waals surface area (Å²) in [5, 5.41) is 53.8. The Balaban J connectivity index is 1.55. The number of ether oxygens (including phenoxy) is 4. The summed E-state index contributed by atoms with van der Waals surface area (Å²) in [6, 6.07) is 3.85. The number of aliphatic hydroxyl groups is 4. The molecular weight excluding hydrogens is 832 g/mol. The summed E-state index contributed by atoms with van der Waals surface area (Å²) >= 11 is 0. The standard InChI is InChI=1S/C43H67FN4O13S/c1-12-33-43(8,55)38(53)25(4)34(49)23(2)20-42(7,58-10)39(26(5)35(50)27(6)40(54)60-33)61-41-37(52)31(19-24(3)59-41)47(9)18-17-29-22-48(46-45-29)32(21-44)36(51)28-13-15-30(16-14-28)62(11,56)57/h13-16,22-27,31-33,36-39,41,51-53,55H,12,17-21H2,1-11H3/t23-,24-,25+,26+,27-,31+,32-,33-,36-,37-,38-,39-,41+,42-,43-/m1/s1. The second kappa shape index (κ2) is 20.7. The van der Waals surface area contributed by atoms with Gasteiger partial charge < -0.3 is 44.3 Å². The molecule has 0 aliphatic carbocycles. The number of aromatic nitrogens is 3. The highest BCUT2D eigenvalue weighted by atomic mass is 32.2. The van der Waals surface area contributed by atoms with Crippen LogP contribution in [0, 0.1) is 23.7 Å². The number of Topliss-reactive ketones (excluding diaryl/α,β-unsaturated/α-hetero) is 2. The summed E-state index contributed by atoms with van der Waals surface area (Å²) < 4.78 is 63.8. The quantitative estimate of drug-likeness (QED) is 0.167. The van der Waals surface area contributed by atoms with Crippen molar-refractivity contribution in [3.63, 3.8) is 0 Å². The molecule has 0 bridgehead atoms. The fraction of sp³-hybridized carbons (Fsp3) is 0.744. The first-order valence-corrected chi connectivity index (χ1v) is 23.1. The van der Waals surface area contributed by atoms with Gasteiger partial charge >= 0.3 is 5.97 Å². The van der Waals surface area contributed by atoms with Crippen LogP contribution >= 0.6 is 0 Å². The molecule has 15 atom stereocenters. The number of carbonyl (C=O) groups is 3. The molecule has 0 spiro atoms. The molecule has 2 aliphatic heterocycles. The van der Waals surface area contributed by atoms with Gasteiger partial charge in [-0.2, -0.15) is 0 Å². The number of methoxy groups -OCH3 is 1. The Morgan fingerprint density at radius 3 is 2.24 bits per heavy atom. The number of rotatable bonds is 13. The number of hydrogen-bond donors (Lipinski definition) is 4. The zero-order valence-corrected chi connectivity index (χ0v) is 38.5. The highest BCUT2D eigenvalue weighted by Crippen LogP contribution is 2.38. The molecule has 0 radical (unpaired) electrons. The highest BCUT2D eigenvalue weighted by molar-refractivity contribution is 7.90. The van der Waals surface area contributed by atoms with Crippen LogP contribution in [0.3, 0.4) is 0 Å². The van der Waals surface area contributed by atoms with Crippen molar-refractivity contribution >= 4 is 27.4 Å². The number of carbonyl (C=O) groups excluding carboxylic acids is 3. The van der Waals surface area contributed by atoms with Crippen LogP contribution in [0.5, 0.6) is 0 Å². The van der Waals surface area contributed by atoms with Gasteiger partial charge in [0.15, 0.2) is 21.9 Å². The molecule has 0 saturated carbocycles. The molecule has 2 aliphatic rings. The SMILES string of the molecule is CC[C@H]1OC(=O)[C@H](C)C(=O)[C@H](C)[C@@H](O[C@@H]2O[C@H](C)C[C@H](N(C)CCc3cn([C@H](CF)[C@H](O)c4ccc(S(C)(=O)=O)cc4)nn3)[C@H]2O)[C@](C)(OC)C[C@@H](C)C(=O)[C@H](C)[C@@H](O)[C@]1(C)O. The van der Waals surface area contributed by atoms with E-state index in [4.69, 9.17) is 18.9 Å². The second-order valence-corrected chi connectivity index (χ2v) is 19.8. The third-order valence-electron chi connectivity index (χ3n) is 13.0. The Morgan fingerprint density at radius 1 is 1.05 bits per heavy atom. The molecule has 62 heavy (non-hydrogen) atoms. The van der Waals surface area contributed by atoms with Gasteiger partial charge in [0.25, 0.3) is 0 Å². The van der Waals surface area contributed by atoms with E-state index in [1.165, 1.54) is 63.0 Å². The third kappa shape index (κ3) is 11.3. The van der Waals surface area contributed by atoms with Crippen molar-refractivity contribution in [2.75, 3.05) is 33.6 Å². The summed E-state index contributed by atoms with van der Waals surface area (Å²) in [6.45, 7) is 11.9. The first-order chi connectivity index (χ1) is 28.8. The average molecular weight is 899 g/mol. The van der Waals surface area contributed by atoms with Crippen molar-refractivity contribution in [2.24, 2.45) is 23.7 Å². The maximum atomic E-state index is 14.3. The van der Waals surface area contributed by atoms with E-state index in [0.29, 0.717) is 30.6 Å². The monoisotopic (exact) mass is 898 g/mol. The molecule has 0 unspecified atom stereocenters. The summed E-state index contributed by atoms with van der Waals surface area (Å²) in [7, 11) is -0.260. The summed E-state index contributed by atoms with van der Waals surface area (Å²) in [6.07, 6.45) is -5.00. The lowest BCUT2D eigenvalue weighted by Gasteiger charge is -2.47. The molecule has 2 aromatic rings. The van der Waals surface area contributed by atoms with E-state index in [-0.39, 0.29) is 17.7 Å². The molecule has 0 amide bonds. The molecule has 350 valence electrons. The molecule has 2 fully saturated rings. The lowest BCUT2D eigenvalue weighted by Crippen LogP contribution is -2.60. The van der Waals surface area contributed by atoms with Gasteiger partial charge in [-0.1, -0.05) is 45.0 Å². The van der Waals surface area contributed by atoms with Crippen molar-refractivity contribution in [3.05, 3.63) is 41.7 Å². The van der Waals surface area contributed by atoms with Gasteiger partial charge in [0.1, 0.15) is 48.3 Å². The number of ketones is 2. The van der Waals surface area contributed by atoms with E-state index < -0.39 is 124 Å². The minimum Gasteiger partial charge on any atom is -0.459 e. The number of esters is 1. The second-order valence-electron chi connectivity index (χ2n) is 17.8. The molecular formula is C43H67FN4O13S. The molecule has 1 aromatic heterocycles. The number of benzene rings is 1. The van der Waals surface area contributed by atoms with Crippen molar-refractivity contribution in [1.82, 2.24) is 19.9 Å². The van der Waals surface area contributed by atoms with Gasteiger partial charge in [0.2, 0.25) is 0 Å². The van der Waals surface area contributed by atoms with Gasteiger partial charge in [0.05, 0.1) is 34.5 Å². The smallest absolute Gasteiger partial charge is 0.316 e. The highest BCUT2D eigenvalue weighted by Gasteiger charge is 2.52. The fourth-order valence-electron chi connectivity index (χ4n) is 8.84. The van der Waals surface area contributed by atoms with Gasteiger partial charge in [-0.15, -0.1) is 5.10 Å². The Kier molecular flexibility index (Phi) is 17.2. The molecule has 4 rings (SSSR count). The zero-order valence-electron chi connectivity index (χ0n) is 37.7. The van der Waals surface area contributed by atoms with Gasteiger partial charge in [-0.05, 0) is 71.7 Å². The summed E-state index contributed by atoms with van der Waals surface area (Å²) in [4.78, 5) is 43.5. The van der Waals surface area contributed by atoms with Crippen LogP contribution in [0.1, 0.15) is 98.1 Å². The van der Waals surface area contributed by atoms with Crippen molar-refractivity contribution in [1.29, 1.82) is 0 Å². The first-order valence-electron chi connectivity index (χ1n) is 21.2. The number of sulfone groups is 1. The third-order valence-corrected chi connectivity index (χ3v) is 14.1. The summed E-state index contributed by atoms with van der Waals surface area (Å²) in [5.74, 6) is -6.15. The summed E-state index contributed by atoms with van der Waals surface area (Å²) in [5.41, 5.74) is -2.62. The van der Waals surface area contributed by atoms with Gasteiger partial charge in [0, 0.05) is 56.3 Å². The number of nitrogens with zero attached hydrogens (tertiary/aromatic N) is 4. The predicted molar refractivity (Wildman–Crippen MR) is 223 cm³/mol. The number of cyclic esters (lactones) is 1. The molecule has 4 N–H and O–H groups in total. The van der Waals surface area contributed by atoms with E-state index in [0.717, 1.165) is 6.26 Å². The van der Waals surface area contributed by atoms with Gasteiger partial charge in [-0.25, -0.2) is 17.5 Å². The lowest BCUT2D eigenvalue weighted by atomic mass is 9.74. The lowest BCUT2D eigenvalue weighted by molar-refractivity contribution is -0.296. The molecule has 17 nitrogen and oxygen atoms in total. The largest absolute Gasteiger partial charge is 0.459 e. The minimum absolute atomic E-state index is 0.00199. The predicted octanol–water partition coefficient (Wildman–Crippen LogP) is 2.57. The number of hydrogen-bond acceptors (Lipinski definition) is 16. The van der Waals surface area contributed by atoms with E-state index in [1.807, 2.05) is 11.8 Å². The zero-order chi connectivity index (χ0) is 46.6. The molecule has 3 heterocycles. The average Bonchev–Trinajstić information content (AvgIpc) is 3.70. The fourth-order valence-corrected chi connectivity index (χ4v) is 9.47. The van der Waals surface area contributed by atoms with E-state index in [9.17, 15) is 47.6 Å². The van der Waals surface area contributed by atoms with Gasteiger partial charge in [-0.3, -0.25) is 14.4 Å². The van der Waals surface area contributed by atoms with Crippen LogP contribution in [-0.4, -0.2) is 154 Å². The topological polar surface area (TPSA) is 237 Å². The number of aliphatic hydroxyl groups excluding tert-OH is 3. The molecule has 2 saturated heterocycles. The van der Waals surface area contributed by atoms with Crippen LogP contribution in [0.15, 0.2) is 35.4 Å². The number of alkyl halides is 1. The first kappa shape index (κ1) is 51.4. The van der Waals surface area contributed by atoms with Crippen LogP contribution < -0.4 is 0 Å². The maximum absolute atomic E-state index is 14.3. The Labute approximate surface area is 364 Å². The van der Waals surface area contributed by atoms with E-state index in [1.54, 1.807) is 34.7 Å². The maximum Gasteiger partial charge on any atom is 0.316 e. The Bertz CT molecular complexity index is 1950. The van der Waals surface area contributed by atoms with Crippen molar-refractivity contribution in [2.45, 2.75) is 152 Å². The Morgan fingerprint density at radius 2 is 1.68 bits per heavy atom. The normalized spacial score (nSPS) is 35.6. The minimum atomic E-state index is -3.46. The van der Waals surface area contributed by atoms with E-state index in [2.05, 4.69) is 10.3 Å². The van der Waals surface area contributed by atoms with E-state index >= 15 is 0 Å². The molecule has 19 heteroatoms.